The van der Waals surface area contributed by atoms with Crippen LogP contribution < -0.4 is 20.7 Å². The van der Waals surface area contributed by atoms with Crippen LogP contribution in [-0.4, -0.2) is 73.3 Å². The molecule has 14 nitrogen and oxygen atoms in total. The van der Waals surface area contributed by atoms with Gasteiger partial charge in [-0.3, -0.25) is 13.9 Å². The van der Waals surface area contributed by atoms with Gasteiger partial charge in [0.25, 0.3) is 0 Å². The van der Waals surface area contributed by atoms with Gasteiger partial charge >= 0.3 is 13.7 Å². The molecule has 43 heavy (non-hydrogen) atoms. The number of hydrogen-bond donors (Lipinski definition) is 4. The summed E-state index contributed by atoms with van der Waals surface area (Å²) in [6.07, 6.45) is -0.912. The van der Waals surface area contributed by atoms with Gasteiger partial charge in [0.05, 0.1) is 19.0 Å². The normalized spacial score (nSPS) is 25.8. The zero-order chi connectivity index (χ0) is 30.9. The van der Waals surface area contributed by atoms with Crippen LogP contribution in [0.5, 0.6) is 5.75 Å². The van der Waals surface area contributed by atoms with Crippen molar-refractivity contribution in [3.8, 4) is 5.75 Å². The molecule has 1 unspecified atom stereocenters. The van der Waals surface area contributed by atoms with Gasteiger partial charge < -0.3 is 30.2 Å². The van der Waals surface area contributed by atoms with Crippen LogP contribution in [0.3, 0.4) is 0 Å². The number of carbonyl (C=O) groups is 1. The number of hydrogen-bond acceptors (Lipinski definition) is 12. The zero-order valence-corrected chi connectivity index (χ0v) is 24.8. The van der Waals surface area contributed by atoms with Gasteiger partial charge in [-0.15, -0.1) is 0 Å². The van der Waals surface area contributed by atoms with E-state index in [-0.39, 0.29) is 23.4 Å². The van der Waals surface area contributed by atoms with Crippen molar-refractivity contribution in [3.63, 3.8) is 0 Å². The average Bonchev–Trinajstić information content (AvgIpc) is 3.62. The molecule has 6 atom stereocenters. The second-order valence-corrected chi connectivity index (χ2v) is 12.4. The number of aromatic nitrogens is 4. The van der Waals surface area contributed by atoms with Crippen molar-refractivity contribution in [2.24, 2.45) is 0 Å². The Labute approximate surface area is 247 Å². The fourth-order valence-electron chi connectivity index (χ4n) is 4.54. The van der Waals surface area contributed by atoms with E-state index in [0.717, 1.165) is 18.9 Å². The van der Waals surface area contributed by atoms with Crippen molar-refractivity contribution in [3.05, 3.63) is 49.3 Å². The van der Waals surface area contributed by atoms with E-state index < -0.39 is 56.6 Å². The van der Waals surface area contributed by atoms with Crippen molar-refractivity contribution in [2.75, 3.05) is 17.7 Å². The molecule has 2 aromatic heterocycles. The lowest BCUT2D eigenvalue weighted by molar-refractivity contribution is -0.149. The molecular formula is C27H35FN7O7P. The predicted octanol–water partition coefficient (Wildman–Crippen LogP) is 3.27. The average molecular weight is 620 g/mol. The Morgan fingerprint density at radius 3 is 2.70 bits per heavy atom. The fourth-order valence-corrected chi connectivity index (χ4v) is 6.04. The van der Waals surface area contributed by atoms with E-state index in [1.807, 2.05) is 0 Å². The number of nitrogens with two attached hydrogens (primary N) is 1. The number of carbonyl (C=O) groups excluding carboxylic acids is 1. The number of aliphatic hydroxyl groups excluding tert-OH is 1. The highest BCUT2D eigenvalue weighted by Gasteiger charge is 2.57. The summed E-state index contributed by atoms with van der Waals surface area (Å²) in [6.45, 7) is 7.75. The first-order valence-electron chi connectivity index (χ1n) is 13.8. The van der Waals surface area contributed by atoms with E-state index in [1.54, 1.807) is 44.2 Å². The maximum absolute atomic E-state index is 16.4. The minimum atomic E-state index is -4.32. The lowest BCUT2D eigenvalue weighted by Crippen LogP contribution is -2.42. The first-order chi connectivity index (χ1) is 20.4. The van der Waals surface area contributed by atoms with E-state index >= 15 is 4.39 Å². The van der Waals surface area contributed by atoms with Gasteiger partial charge in [0, 0.05) is 6.04 Å². The number of fused-ring (bicyclic) bond motifs is 1. The Balaban J connectivity index is 1.38. The van der Waals surface area contributed by atoms with Crippen molar-refractivity contribution in [1.82, 2.24) is 24.6 Å². The number of nitrogens with one attached hydrogen (secondary N) is 2. The van der Waals surface area contributed by atoms with Crippen LogP contribution in [-0.2, 0) is 23.4 Å². The summed E-state index contributed by atoms with van der Waals surface area (Å²) in [7, 11) is -4.32. The van der Waals surface area contributed by atoms with Crippen molar-refractivity contribution < 1.29 is 37.4 Å². The summed E-state index contributed by atoms with van der Waals surface area (Å²) in [4.78, 5) is 25.2. The summed E-state index contributed by atoms with van der Waals surface area (Å²) in [5, 5.41) is 16.8. The Hall–Kier alpha value is -3.62. The molecule has 2 aliphatic rings. The fraction of sp³-hybridized carbons (Fsp3) is 0.481. The molecule has 0 amide bonds. The number of halogens is 1. The highest BCUT2D eigenvalue weighted by Crippen LogP contribution is 2.48. The van der Waals surface area contributed by atoms with Crippen LogP contribution in [0.1, 0.15) is 39.8 Å². The monoisotopic (exact) mass is 619 g/mol. The molecule has 232 valence electrons. The molecule has 0 radical (unpaired) electrons. The third-order valence-corrected chi connectivity index (χ3v) is 8.49. The van der Waals surface area contributed by atoms with Crippen LogP contribution in [0.2, 0.25) is 0 Å². The number of ether oxygens (including phenoxy) is 2. The number of aliphatic hydroxyl groups is 1. The van der Waals surface area contributed by atoms with Crippen molar-refractivity contribution in [2.45, 2.75) is 75.9 Å². The number of nitrogen functional groups attached to an aromatic ring is 1. The van der Waals surface area contributed by atoms with E-state index in [4.69, 9.17) is 24.3 Å². The molecule has 0 bridgehead atoms. The summed E-state index contributed by atoms with van der Waals surface area (Å²) in [5.41, 5.74) is 3.91. The second-order valence-electron chi connectivity index (χ2n) is 10.7. The lowest BCUT2D eigenvalue weighted by Gasteiger charge is -2.26. The largest absolute Gasteiger partial charge is 0.462 e. The van der Waals surface area contributed by atoms with Crippen LogP contribution in [0.25, 0.3) is 11.2 Å². The maximum atomic E-state index is 16.4. The minimum Gasteiger partial charge on any atom is -0.462 e. The molecule has 1 aliphatic heterocycles. The van der Waals surface area contributed by atoms with Crippen molar-refractivity contribution >= 4 is 36.6 Å². The molecule has 5 rings (SSSR count). The summed E-state index contributed by atoms with van der Waals surface area (Å²) >= 11 is 0. The highest BCUT2D eigenvalue weighted by molar-refractivity contribution is 7.52. The number of imidazole rings is 1. The standard InChI is InChI=1S/C27H35FN7O7P/c1-5-27(28)21(36)19(41-25(27)35-14-30-20-22(31-17-11-12-17)32-26(29)33-23(20)35)13-39-43(38,42-18-9-7-6-8-10-18)34-16(4)24(37)40-15(2)3/h5-10,14-17,19,21,25,36H,1,11-13H2,2-4H3,(H,34,38)(H3,29,31,32,33)/t16?,19-,21-,25-,27-,43-/m1/s1. The van der Waals surface area contributed by atoms with E-state index in [9.17, 15) is 14.5 Å². The van der Waals surface area contributed by atoms with Gasteiger partial charge in [-0.05, 0) is 51.8 Å². The Morgan fingerprint density at radius 1 is 1.33 bits per heavy atom. The molecule has 2 fully saturated rings. The van der Waals surface area contributed by atoms with E-state index in [2.05, 4.69) is 31.9 Å². The van der Waals surface area contributed by atoms with Crippen LogP contribution in [0.4, 0.5) is 16.2 Å². The molecule has 3 aromatic rings. The number of benzene rings is 1. The van der Waals surface area contributed by atoms with Crippen molar-refractivity contribution in [1.29, 1.82) is 0 Å². The summed E-state index contributed by atoms with van der Waals surface area (Å²) in [5.74, 6) is -0.169. The molecule has 0 spiro atoms. The van der Waals surface area contributed by atoms with Crippen LogP contribution in [0.15, 0.2) is 49.3 Å². The minimum absolute atomic E-state index is 0.0610. The molecule has 16 heteroatoms. The Kier molecular flexibility index (Phi) is 8.72. The van der Waals surface area contributed by atoms with Crippen LogP contribution >= 0.6 is 7.75 Å². The van der Waals surface area contributed by atoms with Gasteiger partial charge in [-0.1, -0.05) is 24.8 Å². The lowest BCUT2D eigenvalue weighted by atomic mass is 9.96. The highest BCUT2D eigenvalue weighted by atomic mass is 31.2. The Morgan fingerprint density at radius 2 is 2.05 bits per heavy atom. The molecular weight excluding hydrogens is 584 g/mol. The molecule has 1 saturated heterocycles. The molecule has 5 N–H and O–H groups in total. The predicted molar refractivity (Wildman–Crippen MR) is 155 cm³/mol. The number of anilines is 2. The van der Waals surface area contributed by atoms with Gasteiger partial charge in [0.15, 0.2) is 23.2 Å². The van der Waals surface area contributed by atoms with E-state index in [0.29, 0.717) is 11.3 Å². The van der Waals surface area contributed by atoms with Gasteiger partial charge in [0.2, 0.25) is 11.6 Å². The molecule has 1 aromatic carbocycles. The van der Waals surface area contributed by atoms with Gasteiger partial charge in [-0.2, -0.15) is 15.1 Å². The number of nitrogens with zero attached hydrogens (tertiary/aromatic N) is 4. The molecule has 3 heterocycles. The summed E-state index contributed by atoms with van der Waals surface area (Å²) < 4.78 is 54.0. The quantitative estimate of drug-likeness (QED) is 0.124. The zero-order valence-electron chi connectivity index (χ0n) is 23.9. The first-order valence-corrected chi connectivity index (χ1v) is 15.4. The van der Waals surface area contributed by atoms with Crippen LogP contribution in [0, 0.1) is 0 Å². The smallest absolute Gasteiger partial charge is 0.459 e. The number of rotatable bonds is 13. The summed E-state index contributed by atoms with van der Waals surface area (Å²) in [6, 6.07) is 7.26. The van der Waals surface area contributed by atoms with E-state index in [1.165, 1.54) is 17.8 Å². The molecule has 1 saturated carbocycles. The van der Waals surface area contributed by atoms with Gasteiger partial charge in [0.1, 0.15) is 24.0 Å². The topological polar surface area (TPSA) is 185 Å². The third-order valence-electron chi connectivity index (χ3n) is 6.84. The Bertz CT molecular complexity index is 1520. The number of alkyl halides is 1. The SMILES string of the molecule is C=C[C@@]1(F)[C@H](O)[C@@H](CO[P@](=O)(NC(C)C(=O)OC(C)C)Oc2ccccc2)O[C@H]1n1cnc2c(NC3CC3)nc(N)nc21. The number of para-hydroxylation sites is 1. The molecule has 1 aliphatic carbocycles. The maximum Gasteiger partial charge on any atom is 0.459 e. The second kappa shape index (κ2) is 12.2. The first kappa shape index (κ1) is 30.8. The third kappa shape index (κ3) is 6.65. The number of esters is 1. The van der Waals surface area contributed by atoms with Gasteiger partial charge in [-0.25, -0.2) is 13.9 Å².